The number of rotatable bonds is 1. The van der Waals surface area contributed by atoms with Gasteiger partial charge in [-0.1, -0.05) is 74.5 Å². The fraction of sp³-hybridized carbons (Fsp3) is 0.111. The zero-order valence-corrected chi connectivity index (χ0v) is 19.0. The molecule has 0 amide bonds. The highest BCUT2D eigenvalue weighted by molar-refractivity contribution is 14.1. The molecule has 0 aliphatic carbocycles. The lowest BCUT2D eigenvalue weighted by atomic mass is 9.75. The van der Waals surface area contributed by atoms with Gasteiger partial charge in [0.05, 0.1) is 20.3 Å². The number of para-hydroxylation sites is 4. The van der Waals surface area contributed by atoms with Gasteiger partial charge in [-0.15, -0.1) is 0 Å². The number of halogens is 1. The number of ether oxygens (including phenoxy) is 1. The van der Waals surface area contributed by atoms with Crippen LogP contribution in [0.25, 0.3) is 27.5 Å². The molecule has 1 aliphatic rings. The van der Waals surface area contributed by atoms with Gasteiger partial charge in [0.2, 0.25) is 0 Å². The quantitative estimate of drug-likeness (QED) is 0.214. The molecule has 0 N–H and O–H groups in total. The third-order valence-electron chi connectivity index (χ3n) is 6.33. The van der Waals surface area contributed by atoms with Gasteiger partial charge in [-0.05, 0) is 46.9 Å². The lowest BCUT2D eigenvalue weighted by Crippen LogP contribution is -2.25. The van der Waals surface area contributed by atoms with E-state index in [1.54, 1.807) is 0 Å². The second-order valence-corrected chi connectivity index (χ2v) is 9.53. The SMILES string of the molecule is CC1(C)c2cccc(I)c2Oc2c(-n3c4ccccc4c4ccccc43)cccc21. The molecule has 0 radical (unpaired) electrons. The third-order valence-corrected chi connectivity index (χ3v) is 7.18. The lowest BCUT2D eigenvalue weighted by Gasteiger charge is -2.36. The van der Waals surface area contributed by atoms with Gasteiger partial charge in [0.25, 0.3) is 0 Å². The number of fused-ring (bicyclic) bond motifs is 5. The molecule has 0 bridgehead atoms. The van der Waals surface area contributed by atoms with Crippen LogP contribution >= 0.6 is 22.6 Å². The summed E-state index contributed by atoms with van der Waals surface area (Å²) in [6.07, 6.45) is 0. The van der Waals surface area contributed by atoms with Crippen LogP contribution in [-0.4, -0.2) is 4.57 Å². The predicted octanol–water partition coefficient (Wildman–Crippen LogP) is 7.82. The summed E-state index contributed by atoms with van der Waals surface area (Å²) in [5, 5.41) is 2.52. The Balaban J connectivity index is 1.72. The normalized spacial score (nSPS) is 14.4. The van der Waals surface area contributed by atoms with Crippen LogP contribution in [0.4, 0.5) is 0 Å². The van der Waals surface area contributed by atoms with E-state index in [9.17, 15) is 0 Å². The van der Waals surface area contributed by atoms with Crippen LogP contribution in [0, 0.1) is 3.57 Å². The van der Waals surface area contributed by atoms with Gasteiger partial charge < -0.3 is 9.30 Å². The molecule has 30 heavy (non-hydrogen) atoms. The maximum atomic E-state index is 6.67. The summed E-state index contributed by atoms with van der Waals surface area (Å²) in [4.78, 5) is 0. The number of hydrogen-bond donors (Lipinski definition) is 0. The average Bonchev–Trinajstić information content (AvgIpc) is 3.09. The molecule has 0 unspecified atom stereocenters. The van der Waals surface area contributed by atoms with Gasteiger partial charge >= 0.3 is 0 Å². The molecule has 2 nitrogen and oxygen atoms in total. The summed E-state index contributed by atoms with van der Waals surface area (Å²) in [5.74, 6) is 1.93. The van der Waals surface area contributed by atoms with Gasteiger partial charge in [-0.25, -0.2) is 0 Å². The van der Waals surface area contributed by atoms with Crippen LogP contribution in [0.3, 0.4) is 0 Å². The minimum atomic E-state index is -0.140. The van der Waals surface area contributed by atoms with Crippen molar-refractivity contribution < 1.29 is 4.74 Å². The Bertz CT molecular complexity index is 1410. The zero-order valence-electron chi connectivity index (χ0n) is 16.8. The molecule has 1 aliphatic heterocycles. The van der Waals surface area contributed by atoms with Crippen LogP contribution < -0.4 is 4.74 Å². The topological polar surface area (TPSA) is 14.2 Å². The Hall–Kier alpha value is -2.79. The van der Waals surface area contributed by atoms with Gasteiger partial charge in [0.15, 0.2) is 5.75 Å². The molecule has 5 aromatic rings. The molecule has 1 aromatic heterocycles. The van der Waals surface area contributed by atoms with E-state index in [0.717, 1.165) is 20.8 Å². The number of benzene rings is 4. The minimum Gasteiger partial charge on any atom is -0.453 e. The van der Waals surface area contributed by atoms with Gasteiger partial charge in [-0.3, -0.25) is 0 Å². The van der Waals surface area contributed by atoms with Crippen molar-refractivity contribution in [2.45, 2.75) is 19.3 Å². The molecular formula is C27H20INO. The second-order valence-electron chi connectivity index (χ2n) is 8.37. The summed E-state index contributed by atoms with van der Waals surface area (Å²) >= 11 is 2.38. The van der Waals surface area contributed by atoms with Crippen LogP contribution in [0.2, 0.25) is 0 Å². The molecule has 146 valence electrons. The highest BCUT2D eigenvalue weighted by Gasteiger charge is 2.36. The summed E-state index contributed by atoms with van der Waals surface area (Å²) in [7, 11) is 0. The maximum absolute atomic E-state index is 6.67. The molecule has 3 heteroatoms. The van der Waals surface area contributed by atoms with Gasteiger partial charge in [0.1, 0.15) is 5.75 Å². The molecule has 0 saturated heterocycles. The highest BCUT2D eigenvalue weighted by atomic mass is 127. The Morgan fingerprint density at radius 2 is 1.23 bits per heavy atom. The van der Waals surface area contributed by atoms with E-state index in [0.29, 0.717) is 0 Å². The molecule has 6 rings (SSSR count). The van der Waals surface area contributed by atoms with Crippen molar-refractivity contribution in [3.8, 4) is 17.2 Å². The first-order chi connectivity index (χ1) is 14.6. The Morgan fingerprint density at radius 1 is 0.667 bits per heavy atom. The first-order valence-electron chi connectivity index (χ1n) is 10.2. The van der Waals surface area contributed by atoms with Crippen molar-refractivity contribution in [3.63, 3.8) is 0 Å². The zero-order chi connectivity index (χ0) is 20.5. The van der Waals surface area contributed by atoms with Crippen LogP contribution in [0.5, 0.6) is 11.5 Å². The average molecular weight is 501 g/mol. The molecule has 0 atom stereocenters. The van der Waals surface area contributed by atoms with Crippen molar-refractivity contribution in [1.29, 1.82) is 0 Å². The summed E-state index contributed by atoms with van der Waals surface area (Å²) in [6.45, 7) is 4.58. The third kappa shape index (κ3) is 2.36. The Morgan fingerprint density at radius 3 is 1.90 bits per heavy atom. The standard InChI is InChI=1S/C27H20INO/c1-27(2)19-11-7-13-21(28)25(19)30-26-20(27)12-8-16-24(26)29-22-14-5-3-9-17(22)18-10-4-6-15-23(18)29/h3-16H,1-2H3. The van der Waals surface area contributed by atoms with E-state index in [4.69, 9.17) is 4.74 Å². The molecule has 0 fully saturated rings. The second kappa shape index (κ2) is 6.35. The van der Waals surface area contributed by atoms with Crippen LogP contribution in [-0.2, 0) is 5.41 Å². The molecule has 4 aromatic carbocycles. The van der Waals surface area contributed by atoms with Crippen molar-refractivity contribution in [2.24, 2.45) is 0 Å². The largest absolute Gasteiger partial charge is 0.453 e. The minimum absolute atomic E-state index is 0.140. The van der Waals surface area contributed by atoms with Gasteiger partial charge in [0, 0.05) is 27.3 Å². The van der Waals surface area contributed by atoms with Crippen molar-refractivity contribution in [1.82, 2.24) is 4.57 Å². The highest BCUT2D eigenvalue weighted by Crippen LogP contribution is 2.51. The van der Waals surface area contributed by atoms with E-state index in [-0.39, 0.29) is 5.41 Å². The molecule has 0 spiro atoms. The smallest absolute Gasteiger partial charge is 0.155 e. The van der Waals surface area contributed by atoms with E-state index in [1.807, 2.05) is 0 Å². The number of hydrogen-bond acceptors (Lipinski definition) is 1. The first-order valence-corrected chi connectivity index (χ1v) is 11.2. The van der Waals surface area contributed by atoms with Crippen molar-refractivity contribution in [2.75, 3.05) is 0 Å². The van der Waals surface area contributed by atoms with E-state index >= 15 is 0 Å². The Labute approximate surface area is 189 Å². The van der Waals surface area contributed by atoms with E-state index < -0.39 is 0 Å². The summed E-state index contributed by atoms with van der Waals surface area (Å²) < 4.78 is 10.2. The van der Waals surface area contributed by atoms with Crippen molar-refractivity contribution in [3.05, 3.63) is 99.6 Å². The van der Waals surface area contributed by atoms with E-state index in [1.165, 1.54) is 32.9 Å². The molecule has 2 heterocycles. The van der Waals surface area contributed by atoms with Gasteiger partial charge in [-0.2, -0.15) is 0 Å². The lowest BCUT2D eigenvalue weighted by molar-refractivity contribution is 0.414. The fourth-order valence-electron chi connectivity index (χ4n) is 4.83. The molecular weight excluding hydrogens is 481 g/mol. The predicted molar refractivity (Wildman–Crippen MR) is 132 cm³/mol. The van der Waals surface area contributed by atoms with Crippen molar-refractivity contribution >= 4 is 44.4 Å². The maximum Gasteiger partial charge on any atom is 0.155 e. The van der Waals surface area contributed by atoms with E-state index in [2.05, 4.69) is 126 Å². The monoisotopic (exact) mass is 501 g/mol. The number of aromatic nitrogens is 1. The first kappa shape index (κ1) is 18.0. The Kier molecular flexibility index (Phi) is 3.81. The summed E-state index contributed by atoms with van der Waals surface area (Å²) in [5.41, 5.74) is 5.80. The van der Waals surface area contributed by atoms with Crippen LogP contribution in [0.15, 0.2) is 84.9 Å². The molecule has 0 saturated carbocycles. The fourth-order valence-corrected chi connectivity index (χ4v) is 5.44. The number of nitrogens with zero attached hydrogens (tertiary/aromatic N) is 1. The van der Waals surface area contributed by atoms with Crippen LogP contribution in [0.1, 0.15) is 25.0 Å². The summed E-state index contributed by atoms with van der Waals surface area (Å²) in [6, 6.07) is 30.2.